The van der Waals surface area contributed by atoms with E-state index in [4.69, 9.17) is 9.51 Å². The molecule has 144 valence electrons. The lowest BCUT2D eigenvalue weighted by Crippen LogP contribution is -2.37. The molecule has 0 fully saturated rings. The van der Waals surface area contributed by atoms with E-state index in [-0.39, 0.29) is 23.1 Å². The van der Waals surface area contributed by atoms with Gasteiger partial charge in [0.15, 0.2) is 5.82 Å². The van der Waals surface area contributed by atoms with Crippen molar-refractivity contribution in [3.8, 4) is 11.4 Å². The van der Waals surface area contributed by atoms with Crippen molar-refractivity contribution in [3.05, 3.63) is 59.5 Å². The average Bonchev–Trinajstić information content (AvgIpc) is 3.17. The summed E-state index contributed by atoms with van der Waals surface area (Å²) in [6.45, 7) is 6.34. The Kier molecular flexibility index (Phi) is 4.66. The molecule has 1 amide bonds. The molecule has 0 spiro atoms. The number of carbonyl (C=O) groups is 1. The maximum Gasteiger partial charge on any atom is 0.290 e. The van der Waals surface area contributed by atoms with Gasteiger partial charge in [0.25, 0.3) is 5.91 Å². The van der Waals surface area contributed by atoms with Crippen LogP contribution >= 0.6 is 0 Å². The standard InChI is InChI=1S/C21H23N5O2/c1-4-14-9-18(28-26-14)20(27)25-17-11-21(2,3)10-16-15(17)12-23-19(24-16)13-5-7-22-8-6-13/h5-9,12,17H,4,10-11H2,1-3H3,(H,25,27)/t17-/m0/s1. The Hall–Kier alpha value is -3.09. The maximum atomic E-state index is 12.7. The van der Waals surface area contributed by atoms with Crippen molar-refractivity contribution in [1.82, 2.24) is 25.4 Å². The monoisotopic (exact) mass is 377 g/mol. The van der Waals surface area contributed by atoms with E-state index in [0.717, 1.165) is 41.8 Å². The molecule has 28 heavy (non-hydrogen) atoms. The van der Waals surface area contributed by atoms with Crippen molar-refractivity contribution in [2.75, 3.05) is 0 Å². The number of amides is 1. The van der Waals surface area contributed by atoms with Gasteiger partial charge >= 0.3 is 0 Å². The first-order chi connectivity index (χ1) is 13.4. The number of aromatic nitrogens is 4. The van der Waals surface area contributed by atoms with Gasteiger partial charge in [-0.15, -0.1) is 0 Å². The minimum Gasteiger partial charge on any atom is -0.351 e. The Morgan fingerprint density at radius 2 is 2.11 bits per heavy atom. The number of carbonyl (C=O) groups excluding carboxylic acids is 1. The van der Waals surface area contributed by atoms with Gasteiger partial charge in [-0.1, -0.05) is 25.9 Å². The van der Waals surface area contributed by atoms with Gasteiger partial charge in [-0.3, -0.25) is 9.78 Å². The minimum absolute atomic E-state index is 0.00477. The number of pyridine rings is 1. The highest BCUT2D eigenvalue weighted by Gasteiger charge is 2.35. The summed E-state index contributed by atoms with van der Waals surface area (Å²) in [7, 11) is 0. The third-order valence-corrected chi connectivity index (χ3v) is 5.07. The quantitative estimate of drug-likeness (QED) is 0.747. The topological polar surface area (TPSA) is 93.8 Å². The Balaban J connectivity index is 1.63. The fraction of sp³-hybridized carbons (Fsp3) is 0.381. The SMILES string of the molecule is CCc1cc(C(=O)N[C@H]2CC(C)(C)Cc3nc(-c4ccncc4)ncc32)on1. The largest absolute Gasteiger partial charge is 0.351 e. The van der Waals surface area contributed by atoms with E-state index in [2.05, 4.69) is 34.3 Å². The van der Waals surface area contributed by atoms with E-state index in [9.17, 15) is 4.79 Å². The number of nitrogens with one attached hydrogen (secondary N) is 1. The van der Waals surface area contributed by atoms with Crippen LogP contribution in [-0.4, -0.2) is 26.0 Å². The van der Waals surface area contributed by atoms with Gasteiger partial charge in [-0.05, 0) is 36.8 Å². The normalized spacial score (nSPS) is 17.8. The molecule has 0 saturated carbocycles. The number of nitrogens with zero attached hydrogens (tertiary/aromatic N) is 4. The molecule has 0 radical (unpaired) electrons. The molecule has 0 bridgehead atoms. The van der Waals surface area contributed by atoms with E-state index < -0.39 is 0 Å². The number of hydrogen-bond donors (Lipinski definition) is 1. The molecule has 0 unspecified atom stereocenters. The fourth-order valence-corrected chi connectivity index (χ4v) is 3.63. The van der Waals surface area contributed by atoms with Crippen LogP contribution in [0.25, 0.3) is 11.4 Å². The molecule has 0 aliphatic heterocycles. The molecule has 3 aromatic heterocycles. The predicted octanol–water partition coefficient (Wildman–Crippen LogP) is 3.53. The zero-order valence-corrected chi connectivity index (χ0v) is 16.3. The van der Waals surface area contributed by atoms with Gasteiger partial charge in [-0.25, -0.2) is 9.97 Å². The Morgan fingerprint density at radius 1 is 1.32 bits per heavy atom. The second kappa shape index (κ2) is 7.14. The van der Waals surface area contributed by atoms with Crippen LogP contribution in [0.5, 0.6) is 0 Å². The summed E-state index contributed by atoms with van der Waals surface area (Å²) in [5, 5.41) is 6.98. The van der Waals surface area contributed by atoms with Crippen LogP contribution in [0.3, 0.4) is 0 Å². The van der Waals surface area contributed by atoms with Gasteiger partial charge in [0.1, 0.15) is 0 Å². The fourth-order valence-electron chi connectivity index (χ4n) is 3.63. The zero-order valence-electron chi connectivity index (χ0n) is 16.3. The first-order valence-electron chi connectivity index (χ1n) is 9.48. The molecule has 1 aliphatic carbocycles. The second-order valence-electron chi connectivity index (χ2n) is 7.94. The molecule has 3 heterocycles. The van der Waals surface area contributed by atoms with E-state index in [1.165, 1.54) is 0 Å². The van der Waals surface area contributed by atoms with E-state index in [1.54, 1.807) is 18.5 Å². The van der Waals surface area contributed by atoms with Crippen LogP contribution in [0.15, 0.2) is 41.3 Å². The highest BCUT2D eigenvalue weighted by molar-refractivity contribution is 5.91. The summed E-state index contributed by atoms with van der Waals surface area (Å²) in [5.41, 5.74) is 3.62. The molecule has 7 heteroatoms. The lowest BCUT2D eigenvalue weighted by atomic mass is 9.74. The van der Waals surface area contributed by atoms with Crippen molar-refractivity contribution in [1.29, 1.82) is 0 Å². The highest BCUT2D eigenvalue weighted by Crippen LogP contribution is 2.40. The highest BCUT2D eigenvalue weighted by atomic mass is 16.5. The van der Waals surface area contributed by atoms with E-state index in [0.29, 0.717) is 5.82 Å². The number of aryl methyl sites for hydroxylation is 1. The summed E-state index contributed by atoms with van der Waals surface area (Å²) in [4.78, 5) is 26.0. The zero-order chi connectivity index (χ0) is 19.7. The van der Waals surface area contributed by atoms with Crippen molar-refractivity contribution in [2.24, 2.45) is 5.41 Å². The number of hydrogen-bond acceptors (Lipinski definition) is 6. The number of rotatable bonds is 4. The van der Waals surface area contributed by atoms with E-state index in [1.807, 2.05) is 25.3 Å². The van der Waals surface area contributed by atoms with Crippen LogP contribution in [-0.2, 0) is 12.8 Å². The summed E-state index contributed by atoms with van der Waals surface area (Å²) in [6, 6.07) is 5.30. The van der Waals surface area contributed by atoms with Crippen LogP contribution < -0.4 is 5.32 Å². The third kappa shape index (κ3) is 3.65. The van der Waals surface area contributed by atoms with Crippen LogP contribution in [0.1, 0.15) is 60.7 Å². The third-order valence-electron chi connectivity index (χ3n) is 5.07. The first kappa shape index (κ1) is 18.3. The molecule has 0 saturated heterocycles. The van der Waals surface area contributed by atoms with Gasteiger partial charge in [0.05, 0.1) is 17.4 Å². The lowest BCUT2D eigenvalue weighted by Gasteiger charge is -2.36. The van der Waals surface area contributed by atoms with Crippen molar-refractivity contribution >= 4 is 5.91 Å². The molecule has 1 atom stereocenters. The smallest absolute Gasteiger partial charge is 0.290 e. The van der Waals surface area contributed by atoms with Gasteiger partial charge in [0, 0.05) is 35.8 Å². The van der Waals surface area contributed by atoms with Gasteiger partial charge in [-0.2, -0.15) is 0 Å². The molecule has 7 nitrogen and oxygen atoms in total. The van der Waals surface area contributed by atoms with Crippen molar-refractivity contribution in [3.63, 3.8) is 0 Å². The maximum absolute atomic E-state index is 12.7. The molecule has 0 aromatic carbocycles. The van der Waals surface area contributed by atoms with Gasteiger partial charge in [0.2, 0.25) is 5.76 Å². The Labute approximate surface area is 163 Å². The van der Waals surface area contributed by atoms with Gasteiger partial charge < -0.3 is 9.84 Å². The molecule has 1 N–H and O–H groups in total. The molecule has 4 rings (SSSR count). The molecular formula is C21H23N5O2. The molecule has 1 aliphatic rings. The Bertz CT molecular complexity index is 997. The van der Waals surface area contributed by atoms with Crippen LogP contribution in [0, 0.1) is 5.41 Å². The van der Waals surface area contributed by atoms with Crippen LogP contribution in [0.2, 0.25) is 0 Å². The van der Waals surface area contributed by atoms with Crippen molar-refractivity contribution in [2.45, 2.75) is 46.1 Å². The number of fused-ring (bicyclic) bond motifs is 1. The molecular weight excluding hydrogens is 354 g/mol. The lowest BCUT2D eigenvalue weighted by molar-refractivity contribution is 0.0881. The van der Waals surface area contributed by atoms with Crippen LogP contribution in [0.4, 0.5) is 0 Å². The van der Waals surface area contributed by atoms with E-state index >= 15 is 0 Å². The minimum atomic E-state index is -0.265. The molecule has 3 aromatic rings. The second-order valence-corrected chi connectivity index (χ2v) is 7.94. The summed E-state index contributed by atoms with van der Waals surface area (Å²) in [5.74, 6) is 0.641. The average molecular weight is 377 g/mol. The predicted molar refractivity (Wildman–Crippen MR) is 103 cm³/mol. The first-order valence-corrected chi connectivity index (χ1v) is 9.48. The summed E-state index contributed by atoms with van der Waals surface area (Å²) >= 11 is 0. The summed E-state index contributed by atoms with van der Waals surface area (Å²) < 4.78 is 5.18. The Morgan fingerprint density at radius 3 is 2.82 bits per heavy atom. The van der Waals surface area contributed by atoms with Crippen molar-refractivity contribution < 1.29 is 9.32 Å². The summed E-state index contributed by atoms with van der Waals surface area (Å²) in [6.07, 6.45) is 7.65.